The number of hydrogen-bond acceptors (Lipinski definition) is 2. The van der Waals surface area contributed by atoms with Crippen LogP contribution < -0.4 is 10.6 Å². The second-order valence-corrected chi connectivity index (χ2v) is 4.68. The Hall–Kier alpha value is -1.81. The number of amides is 1. The van der Waals surface area contributed by atoms with Crippen LogP contribution in [0, 0.1) is 0 Å². The van der Waals surface area contributed by atoms with E-state index in [0.717, 1.165) is 25.0 Å². The molecular formula is C15H21N3O. The van der Waals surface area contributed by atoms with E-state index >= 15 is 0 Å². The van der Waals surface area contributed by atoms with Crippen molar-refractivity contribution >= 4 is 16.8 Å². The molecule has 0 saturated carbocycles. The molecule has 0 aliphatic heterocycles. The van der Waals surface area contributed by atoms with Gasteiger partial charge < -0.3 is 15.2 Å². The third kappa shape index (κ3) is 3.15. The second kappa shape index (κ2) is 6.38. The monoisotopic (exact) mass is 259 g/mol. The van der Waals surface area contributed by atoms with Crippen LogP contribution in [0.4, 0.5) is 0 Å². The number of para-hydroxylation sites is 1. The van der Waals surface area contributed by atoms with Crippen LogP contribution in [0.3, 0.4) is 0 Å². The van der Waals surface area contributed by atoms with Gasteiger partial charge in [0.1, 0.15) is 6.54 Å². The highest BCUT2D eigenvalue weighted by Gasteiger charge is 2.09. The summed E-state index contributed by atoms with van der Waals surface area (Å²) in [5, 5.41) is 7.28. The molecule has 2 aromatic rings. The summed E-state index contributed by atoms with van der Waals surface area (Å²) in [4.78, 5) is 11.8. The molecular weight excluding hydrogens is 238 g/mol. The SMILES string of the molecule is CCCNC(=O)Cn1cc(CNC)c2ccccc21. The molecule has 0 atom stereocenters. The molecule has 4 nitrogen and oxygen atoms in total. The number of nitrogens with one attached hydrogen (secondary N) is 2. The first kappa shape index (κ1) is 13.6. The largest absolute Gasteiger partial charge is 0.355 e. The predicted octanol–water partition coefficient (Wildman–Crippen LogP) is 1.89. The van der Waals surface area contributed by atoms with E-state index in [1.165, 1.54) is 10.9 Å². The highest BCUT2D eigenvalue weighted by Crippen LogP contribution is 2.21. The highest BCUT2D eigenvalue weighted by molar-refractivity contribution is 5.86. The normalized spacial score (nSPS) is 10.8. The van der Waals surface area contributed by atoms with E-state index in [1.807, 2.05) is 23.7 Å². The van der Waals surface area contributed by atoms with Crippen molar-refractivity contribution in [2.24, 2.45) is 0 Å². The number of hydrogen-bond donors (Lipinski definition) is 2. The fourth-order valence-corrected chi connectivity index (χ4v) is 2.26. The fraction of sp³-hybridized carbons (Fsp3) is 0.400. The maximum absolute atomic E-state index is 11.8. The van der Waals surface area contributed by atoms with Crippen LogP contribution in [0.15, 0.2) is 30.5 Å². The van der Waals surface area contributed by atoms with Gasteiger partial charge in [0.15, 0.2) is 0 Å². The molecule has 1 heterocycles. The smallest absolute Gasteiger partial charge is 0.239 e. The van der Waals surface area contributed by atoms with Gasteiger partial charge in [0.25, 0.3) is 0 Å². The lowest BCUT2D eigenvalue weighted by Crippen LogP contribution is -2.27. The Kier molecular flexibility index (Phi) is 4.58. The maximum atomic E-state index is 11.8. The minimum atomic E-state index is 0.0682. The Bertz CT molecular complexity index is 560. The molecule has 19 heavy (non-hydrogen) atoms. The third-order valence-electron chi connectivity index (χ3n) is 3.12. The van der Waals surface area contributed by atoms with Crippen LogP contribution in [0.25, 0.3) is 10.9 Å². The summed E-state index contributed by atoms with van der Waals surface area (Å²) in [5.74, 6) is 0.0682. The fourth-order valence-electron chi connectivity index (χ4n) is 2.26. The number of benzene rings is 1. The van der Waals surface area contributed by atoms with Gasteiger partial charge in [-0.15, -0.1) is 0 Å². The van der Waals surface area contributed by atoms with E-state index in [1.54, 1.807) is 0 Å². The molecule has 4 heteroatoms. The third-order valence-corrected chi connectivity index (χ3v) is 3.12. The number of carbonyl (C=O) groups excluding carboxylic acids is 1. The Labute approximate surface area is 113 Å². The minimum Gasteiger partial charge on any atom is -0.355 e. The predicted molar refractivity (Wildman–Crippen MR) is 78.0 cm³/mol. The molecule has 1 amide bonds. The second-order valence-electron chi connectivity index (χ2n) is 4.68. The first-order valence-corrected chi connectivity index (χ1v) is 6.74. The van der Waals surface area contributed by atoms with Gasteiger partial charge in [-0.05, 0) is 25.1 Å². The molecule has 0 unspecified atom stereocenters. The Balaban J connectivity index is 2.25. The number of nitrogens with zero attached hydrogens (tertiary/aromatic N) is 1. The first-order chi connectivity index (χ1) is 9.26. The molecule has 1 aromatic carbocycles. The zero-order valence-electron chi connectivity index (χ0n) is 11.6. The molecule has 0 bridgehead atoms. The molecule has 0 spiro atoms. The van der Waals surface area contributed by atoms with Crippen LogP contribution in [0.1, 0.15) is 18.9 Å². The first-order valence-electron chi connectivity index (χ1n) is 6.74. The summed E-state index contributed by atoms with van der Waals surface area (Å²) in [6, 6.07) is 8.19. The summed E-state index contributed by atoms with van der Waals surface area (Å²) in [5.41, 5.74) is 2.33. The van der Waals surface area contributed by atoms with Crippen molar-refractivity contribution in [2.45, 2.75) is 26.4 Å². The van der Waals surface area contributed by atoms with Crippen molar-refractivity contribution in [3.8, 4) is 0 Å². The number of carbonyl (C=O) groups is 1. The van der Waals surface area contributed by atoms with E-state index in [-0.39, 0.29) is 5.91 Å². The van der Waals surface area contributed by atoms with E-state index in [2.05, 4.69) is 35.9 Å². The van der Waals surface area contributed by atoms with Crippen molar-refractivity contribution in [3.63, 3.8) is 0 Å². The zero-order chi connectivity index (χ0) is 13.7. The lowest BCUT2D eigenvalue weighted by atomic mass is 10.2. The summed E-state index contributed by atoms with van der Waals surface area (Å²) in [7, 11) is 1.93. The summed E-state index contributed by atoms with van der Waals surface area (Å²) >= 11 is 0. The van der Waals surface area contributed by atoms with Gasteiger partial charge in [0.2, 0.25) is 5.91 Å². The van der Waals surface area contributed by atoms with Crippen molar-refractivity contribution in [3.05, 3.63) is 36.0 Å². The van der Waals surface area contributed by atoms with Crippen LogP contribution >= 0.6 is 0 Å². The minimum absolute atomic E-state index is 0.0682. The van der Waals surface area contributed by atoms with Gasteiger partial charge in [-0.25, -0.2) is 0 Å². The Morgan fingerprint density at radius 1 is 1.32 bits per heavy atom. The molecule has 0 aliphatic carbocycles. The molecule has 0 saturated heterocycles. The molecule has 2 rings (SSSR count). The van der Waals surface area contributed by atoms with E-state index < -0.39 is 0 Å². The van der Waals surface area contributed by atoms with Gasteiger partial charge in [-0.2, -0.15) is 0 Å². The number of fused-ring (bicyclic) bond motifs is 1. The Morgan fingerprint density at radius 2 is 2.11 bits per heavy atom. The molecule has 2 N–H and O–H groups in total. The van der Waals surface area contributed by atoms with Gasteiger partial charge in [-0.1, -0.05) is 25.1 Å². The van der Waals surface area contributed by atoms with Crippen LogP contribution in [0.2, 0.25) is 0 Å². The standard InChI is InChI=1S/C15H21N3O/c1-3-8-17-15(19)11-18-10-12(9-16-2)13-6-4-5-7-14(13)18/h4-7,10,16H,3,8-9,11H2,1-2H3,(H,17,19). The van der Waals surface area contributed by atoms with Crippen molar-refractivity contribution in [2.75, 3.05) is 13.6 Å². The van der Waals surface area contributed by atoms with Gasteiger partial charge in [0.05, 0.1) is 0 Å². The summed E-state index contributed by atoms with van der Waals surface area (Å²) in [6.45, 7) is 3.98. The maximum Gasteiger partial charge on any atom is 0.239 e. The van der Waals surface area contributed by atoms with Crippen LogP contribution in [0.5, 0.6) is 0 Å². The average Bonchev–Trinajstić information content (AvgIpc) is 2.76. The van der Waals surface area contributed by atoms with Crippen molar-refractivity contribution < 1.29 is 4.79 Å². The lowest BCUT2D eigenvalue weighted by Gasteiger charge is -2.06. The summed E-state index contributed by atoms with van der Waals surface area (Å²) < 4.78 is 2.02. The molecule has 102 valence electrons. The van der Waals surface area contributed by atoms with Crippen molar-refractivity contribution in [1.82, 2.24) is 15.2 Å². The molecule has 0 radical (unpaired) electrons. The topological polar surface area (TPSA) is 46.1 Å². The summed E-state index contributed by atoms with van der Waals surface area (Å²) in [6.07, 6.45) is 3.02. The van der Waals surface area contributed by atoms with Crippen molar-refractivity contribution in [1.29, 1.82) is 0 Å². The Morgan fingerprint density at radius 3 is 2.84 bits per heavy atom. The van der Waals surface area contributed by atoms with Gasteiger partial charge >= 0.3 is 0 Å². The average molecular weight is 259 g/mol. The molecule has 1 aromatic heterocycles. The van der Waals surface area contributed by atoms with Crippen LogP contribution in [-0.4, -0.2) is 24.1 Å². The van der Waals surface area contributed by atoms with Crippen LogP contribution in [-0.2, 0) is 17.9 Å². The van der Waals surface area contributed by atoms with E-state index in [9.17, 15) is 4.79 Å². The molecule has 0 fully saturated rings. The zero-order valence-corrected chi connectivity index (χ0v) is 11.6. The highest BCUT2D eigenvalue weighted by atomic mass is 16.1. The number of aromatic nitrogens is 1. The number of rotatable bonds is 6. The van der Waals surface area contributed by atoms with Gasteiger partial charge in [0, 0.05) is 30.2 Å². The molecule has 0 aliphatic rings. The van der Waals surface area contributed by atoms with E-state index in [4.69, 9.17) is 0 Å². The quantitative estimate of drug-likeness (QED) is 0.832. The van der Waals surface area contributed by atoms with Gasteiger partial charge in [-0.3, -0.25) is 4.79 Å². The lowest BCUT2D eigenvalue weighted by molar-refractivity contribution is -0.121. The van der Waals surface area contributed by atoms with E-state index in [0.29, 0.717) is 6.54 Å².